The van der Waals surface area contributed by atoms with Crippen LogP contribution in [0.25, 0.3) is 0 Å². The molecule has 1 aliphatic rings. The summed E-state index contributed by atoms with van der Waals surface area (Å²) >= 11 is 1.59. The summed E-state index contributed by atoms with van der Waals surface area (Å²) in [7, 11) is 0. The molecule has 2 heterocycles. The maximum Gasteiger partial charge on any atom is 0.279 e. The zero-order valence-electron chi connectivity index (χ0n) is 13.1. The standard InChI is InChI=1S/C16H20N4OS/c1-9-4-5-13-12(6-9)8-14(22-13)15(21)19-20-16-17-10(2)7-11(3)18-16/h7-9H,4-6H2,1-3H3,(H,19,21)(H,17,18,20). The van der Waals surface area contributed by atoms with Crippen molar-refractivity contribution in [1.82, 2.24) is 15.4 Å². The molecule has 0 aliphatic heterocycles. The highest BCUT2D eigenvalue weighted by atomic mass is 32.1. The van der Waals surface area contributed by atoms with Crippen LogP contribution in [0.2, 0.25) is 0 Å². The Labute approximate surface area is 134 Å². The van der Waals surface area contributed by atoms with Crippen molar-refractivity contribution in [2.45, 2.75) is 40.0 Å². The number of anilines is 1. The number of hydrogen-bond donors (Lipinski definition) is 2. The van der Waals surface area contributed by atoms with E-state index in [-0.39, 0.29) is 5.91 Å². The van der Waals surface area contributed by atoms with Crippen LogP contribution in [-0.2, 0) is 12.8 Å². The number of hydrogen-bond acceptors (Lipinski definition) is 5. The quantitative estimate of drug-likeness (QED) is 0.854. The van der Waals surface area contributed by atoms with Crippen molar-refractivity contribution in [3.8, 4) is 0 Å². The molecule has 1 unspecified atom stereocenters. The van der Waals surface area contributed by atoms with E-state index in [1.165, 1.54) is 16.9 Å². The molecule has 2 N–H and O–H groups in total. The molecule has 0 saturated carbocycles. The van der Waals surface area contributed by atoms with Gasteiger partial charge in [-0.1, -0.05) is 6.92 Å². The molecule has 6 heteroatoms. The average Bonchev–Trinajstić information content (AvgIpc) is 2.86. The molecule has 116 valence electrons. The van der Waals surface area contributed by atoms with Gasteiger partial charge in [-0.05, 0) is 56.7 Å². The second-order valence-corrected chi connectivity index (χ2v) is 7.10. The van der Waals surface area contributed by atoms with E-state index in [1.807, 2.05) is 26.0 Å². The maximum atomic E-state index is 12.3. The monoisotopic (exact) mass is 316 g/mol. The Hall–Kier alpha value is -1.95. The molecule has 0 saturated heterocycles. The van der Waals surface area contributed by atoms with Gasteiger partial charge in [-0.3, -0.25) is 15.6 Å². The Morgan fingerprint density at radius 2 is 2.00 bits per heavy atom. The Bertz CT molecular complexity index is 690. The lowest BCUT2D eigenvalue weighted by atomic mass is 9.90. The minimum absolute atomic E-state index is 0.130. The molecule has 3 rings (SSSR count). The lowest BCUT2D eigenvalue weighted by Crippen LogP contribution is -2.29. The Kier molecular flexibility index (Phi) is 4.11. The molecule has 2 aromatic heterocycles. The molecule has 1 amide bonds. The normalized spacial score (nSPS) is 17.0. The molecular formula is C16H20N4OS. The van der Waals surface area contributed by atoms with E-state index in [9.17, 15) is 4.79 Å². The number of carbonyl (C=O) groups excluding carboxylic acids is 1. The van der Waals surface area contributed by atoms with Gasteiger partial charge in [0, 0.05) is 16.3 Å². The van der Waals surface area contributed by atoms with Crippen LogP contribution in [0.1, 0.15) is 44.8 Å². The van der Waals surface area contributed by atoms with Crippen LogP contribution in [0.5, 0.6) is 0 Å². The van der Waals surface area contributed by atoms with E-state index in [4.69, 9.17) is 0 Å². The molecule has 1 aliphatic carbocycles. The fourth-order valence-corrected chi connectivity index (χ4v) is 3.88. The van der Waals surface area contributed by atoms with Crippen LogP contribution in [0, 0.1) is 19.8 Å². The van der Waals surface area contributed by atoms with E-state index in [2.05, 4.69) is 27.7 Å². The molecule has 0 aromatic carbocycles. The summed E-state index contributed by atoms with van der Waals surface area (Å²) in [5, 5.41) is 0. The highest BCUT2D eigenvalue weighted by molar-refractivity contribution is 7.14. The second-order valence-electron chi connectivity index (χ2n) is 5.96. The Morgan fingerprint density at radius 1 is 1.27 bits per heavy atom. The predicted molar refractivity (Wildman–Crippen MR) is 88.1 cm³/mol. The number of rotatable bonds is 3. The second kappa shape index (κ2) is 6.04. The predicted octanol–water partition coefficient (Wildman–Crippen LogP) is 3.04. The number of amides is 1. The van der Waals surface area contributed by atoms with Crippen molar-refractivity contribution in [3.05, 3.63) is 38.8 Å². The summed E-state index contributed by atoms with van der Waals surface area (Å²) in [5.74, 6) is 0.996. The zero-order chi connectivity index (χ0) is 15.7. The number of nitrogens with zero attached hydrogens (tertiary/aromatic N) is 2. The number of carbonyl (C=O) groups is 1. The first-order valence-electron chi connectivity index (χ1n) is 7.51. The van der Waals surface area contributed by atoms with Crippen LogP contribution in [0.3, 0.4) is 0 Å². The number of aromatic nitrogens is 2. The van der Waals surface area contributed by atoms with Gasteiger partial charge < -0.3 is 0 Å². The number of nitrogens with one attached hydrogen (secondary N) is 2. The lowest BCUT2D eigenvalue weighted by Gasteiger charge is -2.16. The van der Waals surface area contributed by atoms with E-state index >= 15 is 0 Å². The summed E-state index contributed by atoms with van der Waals surface area (Å²) in [5.41, 5.74) is 8.55. The summed E-state index contributed by atoms with van der Waals surface area (Å²) in [6.45, 7) is 6.06. The first kappa shape index (κ1) is 15.0. The minimum Gasteiger partial charge on any atom is -0.266 e. The van der Waals surface area contributed by atoms with Gasteiger partial charge >= 0.3 is 0 Å². The van der Waals surface area contributed by atoms with Crippen molar-refractivity contribution in [1.29, 1.82) is 0 Å². The molecule has 22 heavy (non-hydrogen) atoms. The van der Waals surface area contributed by atoms with E-state index in [1.54, 1.807) is 11.3 Å². The van der Waals surface area contributed by atoms with E-state index < -0.39 is 0 Å². The number of fused-ring (bicyclic) bond motifs is 1. The SMILES string of the molecule is Cc1cc(C)nc(NNC(=O)c2cc3c(s2)CCC(C)C3)n1. The third kappa shape index (κ3) is 3.27. The van der Waals surface area contributed by atoms with Crippen molar-refractivity contribution in [2.24, 2.45) is 5.92 Å². The molecule has 0 radical (unpaired) electrons. The van der Waals surface area contributed by atoms with Gasteiger partial charge in [0.05, 0.1) is 4.88 Å². The van der Waals surface area contributed by atoms with Gasteiger partial charge in [0.2, 0.25) is 5.95 Å². The van der Waals surface area contributed by atoms with Crippen molar-refractivity contribution < 1.29 is 4.79 Å². The number of thiophene rings is 1. The van der Waals surface area contributed by atoms with Crippen LogP contribution in [-0.4, -0.2) is 15.9 Å². The molecule has 5 nitrogen and oxygen atoms in total. The summed E-state index contributed by atoms with van der Waals surface area (Å²) < 4.78 is 0. The fourth-order valence-electron chi connectivity index (χ4n) is 2.77. The molecule has 0 spiro atoms. The van der Waals surface area contributed by atoms with Gasteiger partial charge in [-0.15, -0.1) is 11.3 Å². The highest BCUT2D eigenvalue weighted by Gasteiger charge is 2.20. The molecular weight excluding hydrogens is 296 g/mol. The van der Waals surface area contributed by atoms with Gasteiger partial charge in [0.15, 0.2) is 0 Å². The summed E-state index contributed by atoms with van der Waals surface area (Å²) in [4.78, 5) is 22.8. The zero-order valence-corrected chi connectivity index (χ0v) is 13.9. The van der Waals surface area contributed by atoms with Gasteiger partial charge in [-0.2, -0.15) is 0 Å². The Balaban J connectivity index is 1.67. The number of hydrazine groups is 1. The van der Waals surface area contributed by atoms with Gasteiger partial charge in [-0.25, -0.2) is 9.97 Å². The molecule has 1 atom stereocenters. The van der Waals surface area contributed by atoms with Crippen LogP contribution in [0.4, 0.5) is 5.95 Å². The maximum absolute atomic E-state index is 12.3. The number of aryl methyl sites for hydroxylation is 3. The first-order chi connectivity index (χ1) is 10.5. The van der Waals surface area contributed by atoms with Crippen molar-refractivity contribution >= 4 is 23.2 Å². The van der Waals surface area contributed by atoms with E-state index in [0.29, 0.717) is 11.9 Å². The molecule has 2 aromatic rings. The molecule has 0 bridgehead atoms. The first-order valence-corrected chi connectivity index (χ1v) is 8.33. The third-order valence-electron chi connectivity index (χ3n) is 3.82. The summed E-state index contributed by atoms with van der Waals surface area (Å²) in [6.07, 6.45) is 3.37. The van der Waals surface area contributed by atoms with Gasteiger partial charge in [0.1, 0.15) is 0 Å². The van der Waals surface area contributed by atoms with Crippen LogP contribution >= 0.6 is 11.3 Å². The third-order valence-corrected chi connectivity index (χ3v) is 5.06. The highest BCUT2D eigenvalue weighted by Crippen LogP contribution is 2.32. The largest absolute Gasteiger partial charge is 0.279 e. The fraction of sp³-hybridized carbons (Fsp3) is 0.438. The van der Waals surface area contributed by atoms with Crippen molar-refractivity contribution in [3.63, 3.8) is 0 Å². The summed E-state index contributed by atoms with van der Waals surface area (Å²) in [6, 6.07) is 3.91. The lowest BCUT2D eigenvalue weighted by molar-refractivity contribution is 0.0966. The van der Waals surface area contributed by atoms with Gasteiger partial charge in [0.25, 0.3) is 5.91 Å². The minimum atomic E-state index is -0.130. The Morgan fingerprint density at radius 3 is 2.73 bits per heavy atom. The van der Waals surface area contributed by atoms with Crippen LogP contribution < -0.4 is 10.9 Å². The average molecular weight is 316 g/mol. The van der Waals surface area contributed by atoms with Crippen LogP contribution in [0.15, 0.2) is 12.1 Å². The van der Waals surface area contributed by atoms with E-state index in [0.717, 1.165) is 29.1 Å². The van der Waals surface area contributed by atoms with Crippen molar-refractivity contribution in [2.75, 3.05) is 5.43 Å². The topological polar surface area (TPSA) is 66.9 Å². The molecule has 0 fully saturated rings. The smallest absolute Gasteiger partial charge is 0.266 e.